The van der Waals surface area contributed by atoms with Gasteiger partial charge in [0.2, 0.25) is 0 Å². The van der Waals surface area contributed by atoms with Crippen LogP contribution in [0.3, 0.4) is 0 Å². The van der Waals surface area contributed by atoms with Crippen molar-refractivity contribution in [1.29, 1.82) is 0 Å². The largest absolute Gasteiger partial charge is 0.396 e. The molecule has 0 bridgehead atoms. The van der Waals surface area contributed by atoms with Crippen molar-refractivity contribution in [2.45, 2.75) is 25.7 Å². The van der Waals surface area contributed by atoms with E-state index in [1.165, 1.54) is 0 Å². The minimum Gasteiger partial charge on any atom is -0.396 e. The van der Waals surface area contributed by atoms with Gasteiger partial charge in [-0.15, -0.1) is 0 Å². The Balaban J connectivity index is 1.99. The third-order valence-corrected chi connectivity index (χ3v) is 4.25. The summed E-state index contributed by atoms with van der Waals surface area (Å²) in [6, 6.07) is 7.57. The third kappa shape index (κ3) is 3.31. The van der Waals surface area contributed by atoms with Crippen LogP contribution in [-0.2, 0) is 0 Å². The number of anilines is 1. The van der Waals surface area contributed by atoms with Gasteiger partial charge in [0.05, 0.1) is 6.61 Å². The van der Waals surface area contributed by atoms with Crippen molar-refractivity contribution >= 4 is 11.6 Å². The van der Waals surface area contributed by atoms with E-state index < -0.39 is 0 Å². The lowest BCUT2D eigenvalue weighted by atomic mass is 9.87. The minimum absolute atomic E-state index is 0.0616. The highest BCUT2D eigenvalue weighted by molar-refractivity contribution is 5.95. The summed E-state index contributed by atoms with van der Waals surface area (Å²) in [4.78, 5) is 14.2. The summed E-state index contributed by atoms with van der Waals surface area (Å²) in [6.45, 7) is 0.722. The molecule has 1 aromatic rings. The summed E-state index contributed by atoms with van der Waals surface area (Å²) in [7, 11) is 3.91. The maximum atomic E-state index is 12.2. The molecule has 1 aliphatic rings. The van der Waals surface area contributed by atoms with Gasteiger partial charge in [0, 0.05) is 37.3 Å². The molecule has 20 heavy (non-hydrogen) atoms. The van der Waals surface area contributed by atoms with Gasteiger partial charge in [-0.1, -0.05) is 18.9 Å². The van der Waals surface area contributed by atoms with E-state index in [0.717, 1.165) is 31.4 Å². The molecule has 0 spiro atoms. The summed E-state index contributed by atoms with van der Waals surface area (Å²) < 4.78 is 0. The molecule has 0 radical (unpaired) electrons. The van der Waals surface area contributed by atoms with Crippen LogP contribution in [0.5, 0.6) is 0 Å². The predicted molar refractivity (Wildman–Crippen MR) is 81.1 cm³/mol. The molecular formula is C16H24N2O2. The van der Waals surface area contributed by atoms with Gasteiger partial charge in [0.1, 0.15) is 0 Å². The van der Waals surface area contributed by atoms with Crippen LogP contribution < -0.4 is 10.2 Å². The summed E-state index contributed by atoms with van der Waals surface area (Å²) in [5.74, 6) is -0.0616. The van der Waals surface area contributed by atoms with Crippen molar-refractivity contribution < 1.29 is 9.90 Å². The van der Waals surface area contributed by atoms with E-state index in [2.05, 4.69) is 5.32 Å². The highest BCUT2D eigenvalue weighted by Gasteiger charge is 2.33. The number of nitrogens with one attached hydrogen (secondary N) is 1. The predicted octanol–water partition coefficient (Wildman–Crippen LogP) is 2.04. The van der Waals surface area contributed by atoms with Gasteiger partial charge in [0.25, 0.3) is 5.91 Å². The molecule has 1 amide bonds. The Morgan fingerprint density at radius 3 is 2.65 bits per heavy atom. The van der Waals surface area contributed by atoms with E-state index in [9.17, 15) is 9.90 Å². The Hall–Kier alpha value is -1.55. The number of aliphatic hydroxyl groups is 1. The number of hydrogen-bond acceptors (Lipinski definition) is 3. The zero-order valence-electron chi connectivity index (χ0n) is 12.4. The lowest BCUT2D eigenvalue weighted by molar-refractivity contribution is 0.0880. The molecule has 2 rings (SSSR count). The first kappa shape index (κ1) is 14.9. The fourth-order valence-electron chi connectivity index (χ4n) is 2.81. The molecule has 0 saturated heterocycles. The molecule has 110 valence electrons. The Labute approximate surface area is 120 Å². The van der Waals surface area contributed by atoms with Crippen molar-refractivity contribution in [3.05, 3.63) is 29.8 Å². The molecule has 1 saturated carbocycles. The highest BCUT2D eigenvalue weighted by Crippen LogP contribution is 2.36. The average Bonchev–Trinajstić information content (AvgIpc) is 2.94. The second-order valence-electron chi connectivity index (χ2n) is 5.99. The number of rotatable bonds is 5. The number of aliphatic hydroxyl groups excluding tert-OH is 1. The molecule has 0 atom stereocenters. The standard InChI is InChI=1S/C16H24N2O2/c1-18(2)14-7-5-6-13(10-14)15(20)17-11-16(12-19)8-3-4-9-16/h5-7,10,19H,3-4,8-9,11-12H2,1-2H3,(H,17,20). The summed E-state index contributed by atoms with van der Waals surface area (Å²) in [5, 5.41) is 12.5. The molecule has 1 aliphatic carbocycles. The zero-order valence-corrected chi connectivity index (χ0v) is 12.4. The average molecular weight is 276 g/mol. The fraction of sp³-hybridized carbons (Fsp3) is 0.562. The fourth-order valence-corrected chi connectivity index (χ4v) is 2.81. The van der Waals surface area contributed by atoms with Crippen LogP contribution in [0.25, 0.3) is 0 Å². The third-order valence-electron chi connectivity index (χ3n) is 4.25. The molecule has 0 aliphatic heterocycles. The summed E-state index contributed by atoms with van der Waals surface area (Å²) in [6.07, 6.45) is 4.29. The van der Waals surface area contributed by atoms with Gasteiger partial charge < -0.3 is 15.3 Å². The highest BCUT2D eigenvalue weighted by atomic mass is 16.3. The van der Waals surface area contributed by atoms with Crippen molar-refractivity contribution in [3.63, 3.8) is 0 Å². The van der Waals surface area contributed by atoms with Crippen molar-refractivity contribution in [1.82, 2.24) is 5.32 Å². The normalized spacial score (nSPS) is 16.9. The lowest BCUT2D eigenvalue weighted by Crippen LogP contribution is -2.38. The molecule has 2 N–H and O–H groups in total. The maximum absolute atomic E-state index is 12.2. The smallest absolute Gasteiger partial charge is 0.251 e. The van der Waals surface area contributed by atoms with E-state index in [0.29, 0.717) is 12.1 Å². The van der Waals surface area contributed by atoms with E-state index in [1.54, 1.807) is 0 Å². The number of amides is 1. The lowest BCUT2D eigenvalue weighted by Gasteiger charge is -2.26. The number of carbonyl (C=O) groups excluding carboxylic acids is 1. The van der Waals surface area contributed by atoms with E-state index in [4.69, 9.17) is 0 Å². The van der Waals surface area contributed by atoms with Gasteiger partial charge in [-0.25, -0.2) is 0 Å². The topological polar surface area (TPSA) is 52.6 Å². The maximum Gasteiger partial charge on any atom is 0.251 e. The molecule has 1 fully saturated rings. The van der Waals surface area contributed by atoms with Gasteiger partial charge in [0.15, 0.2) is 0 Å². The molecule has 4 nitrogen and oxygen atoms in total. The molecule has 0 heterocycles. The second-order valence-corrected chi connectivity index (χ2v) is 5.99. The van der Waals surface area contributed by atoms with Crippen LogP contribution in [0.1, 0.15) is 36.0 Å². The Kier molecular flexibility index (Phi) is 4.65. The van der Waals surface area contributed by atoms with Gasteiger partial charge in [-0.2, -0.15) is 0 Å². The zero-order chi connectivity index (χ0) is 14.6. The molecule has 1 aromatic carbocycles. The van der Waals surface area contributed by atoms with Gasteiger partial charge in [-0.3, -0.25) is 4.79 Å². The summed E-state index contributed by atoms with van der Waals surface area (Å²) >= 11 is 0. The number of hydrogen-bond donors (Lipinski definition) is 2. The second kappa shape index (κ2) is 6.27. The van der Waals surface area contributed by atoms with Crippen molar-refractivity contribution in [3.8, 4) is 0 Å². The van der Waals surface area contributed by atoms with Crippen LogP contribution in [0.15, 0.2) is 24.3 Å². The first-order valence-electron chi connectivity index (χ1n) is 7.23. The van der Waals surface area contributed by atoms with E-state index in [-0.39, 0.29) is 17.9 Å². The minimum atomic E-state index is -0.102. The van der Waals surface area contributed by atoms with E-state index >= 15 is 0 Å². The first-order valence-corrected chi connectivity index (χ1v) is 7.23. The monoisotopic (exact) mass is 276 g/mol. The molecule has 0 unspecified atom stereocenters. The number of benzene rings is 1. The SMILES string of the molecule is CN(C)c1cccc(C(=O)NCC2(CO)CCCC2)c1. The molecular weight excluding hydrogens is 252 g/mol. The van der Waals surface area contributed by atoms with Gasteiger partial charge >= 0.3 is 0 Å². The van der Waals surface area contributed by atoms with E-state index in [1.807, 2.05) is 43.3 Å². The summed E-state index contributed by atoms with van der Waals surface area (Å²) in [5.41, 5.74) is 1.58. The van der Waals surface area contributed by atoms with Crippen LogP contribution in [0, 0.1) is 5.41 Å². The molecule has 4 heteroatoms. The van der Waals surface area contributed by atoms with Crippen LogP contribution in [0.2, 0.25) is 0 Å². The Bertz CT molecular complexity index is 465. The van der Waals surface area contributed by atoms with Gasteiger partial charge in [-0.05, 0) is 31.0 Å². The number of nitrogens with zero attached hydrogens (tertiary/aromatic N) is 1. The van der Waals surface area contributed by atoms with Crippen LogP contribution in [0.4, 0.5) is 5.69 Å². The number of carbonyl (C=O) groups is 1. The molecule has 0 aromatic heterocycles. The van der Waals surface area contributed by atoms with Crippen molar-refractivity contribution in [2.24, 2.45) is 5.41 Å². The Morgan fingerprint density at radius 1 is 1.35 bits per heavy atom. The quantitative estimate of drug-likeness (QED) is 0.865. The first-order chi connectivity index (χ1) is 9.56. The van der Waals surface area contributed by atoms with Crippen LogP contribution >= 0.6 is 0 Å². The van der Waals surface area contributed by atoms with Crippen molar-refractivity contribution in [2.75, 3.05) is 32.1 Å². The van der Waals surface area contributed by atoms with Crippen LogP contribution in [-0.4, -0.2) is 38.3 Å². The Morgan fingerprint density at radius 2 is 2.05 bits per heavy atom.